The molecule has 2 aromatic rings. The Hall–Kier alpha value is -3.09. The second-order valence-corrected chi connectivity index (χ2v) is 9.02. The molecule has 3 rings (SSSR count). The molecule has 1 aliphatic rings. The second-order valence-electron chi connectivity index (χ2n) is 6.83. The number of fused-ring (bicyclic) bond motifs is 1. The van der Waals surface area contributed by atoms with Crippen molar-refractivity contribution in [1.29, 1.82) is 5.26 Å². The molecule has 0 radical (unpaired) electrons. The van der Waals surface area contributed by atoms with Crippen LogP contribution < -0.4 is 14.9 Å². The monoisotopic (exact) mass is 446 g/mol. The van der Waals surface area contributed by atoms with Crippen molar-refractivity contribution in [2.75, 3.05) is 16.2 Å². The maximum absolute atomic E-state index is 13.7. The number of nitriles is 1. The zero-order valence-electron chi connectivity index (χ0n) is 16.3. The molecule has 8 nitrogen and oxygen atoms in total. The first-order valence-corrected chi connectivity index (χ1v) is 10.8. The summed E-state index contributed by atoms with van der Waals surface area (Å²) in [6.45, 7) is 3.05. The number of nitrogens with zero attached hydrogens (tertiary/aromatic N) is 2. The van der Waals surface area contributed by atoms with Crippen LogP contribution in [0.15, 0.2) is 41.3 Å². The number of sulfonamides is 1. The Balaban J connectivity index is 2.15. The minimum atomic E-state index is -4.22. The summed E-state index contributed by atoms with van der Waals surface area (Å²) in [5.41, 5.74) is 1.56. The van der Waals surface area contributed by atoms with E-state index in [1.54, 1.807) is 50.2 Å². The molecule has 2 aromatic carbocycles. The lowest BCUT2D eigenvalue weighted by Gasteiger charge is -2.37. The molecule has 0 aliphatic carbocycles. The van der Waals surface area contributed by atoms with E-state index in [1.165, 1.54) is 6.07 Å². The number of aryl methyl sites for hydroxylation is 2. The van der Waals surface area contributed by atoms with Crippen LogP contribution in [0, 0.1) is 25.2 Å². The van der Waals surface area contributed by atoms with Gasteiger partial charge >= 0.3 is 0 Å². The SMILES string of the molecule is Cc1cc(S(=O)(=O)N2c3ccccc3NC(=O)C2CC(=O)NCC#N)c(C)cc1Cl. The van der Waals surface area contributed by atoms with Crippen molar-refractivity contribution in [3.8, 4) is 6.07 Å². The molecule has 0 saturated carbocycles. The Morgan fingerprint density at radius 1 is 1.27 bits per heavy atom. The molecule has 2 N–H and O–H groups in total. The first-order chi connectivity index (χ1) is 14.2. The molecule has 1 atom stereocenters. The second kappa shape index (κ2) is 8.34. The van der Waals surface area contributed by atoms with Crippen LogP contribution in [-0.4, -0.2) is 32.8 Å². The first kappa shape index (κ1) is 21.6. The third-order valence-corrected chi connectivity index (χ3v) is 7.09. The van der Waals surface area contributed by atoms with Gasteiger partial charge in [-0.2, -0.15) is 5.26 Å². The minimum absolute atomic E-state index is 0.00339. The fourth-order valence-electron chi connectivity index (χ4n) is 3.26. The Morgan fingerprint density at radius 2 is 1.97 bits per heavy atom. The Morgan fingerprint density at radius 3 is 2.67 bits per heavy atom. The largest absolute Gasteiger partial charge is 0.343 e. The highest BCUT2D eigenvalue weighted by molar-refractivity contribution is 7.93. The summed E-state index contributed by atoms with van der Waals surface area (Å²) in [5, 5.41) is 14.1. The molecule has 30 heavy (non-hydrogen) atoms. The number of anilines is 2. The summed E-state index contributed by atoms with van der Waals surface area (Å²) in [4.78, 5) is 25.0. The average molecular weight is 447 g/mol. The van der Waals surface area contributed by atoms with Crippen LogP contribution in [0.1, 0.15) is 17.5 Å². The fraction of sp³-hybridized carbons (Fsp3) is 0.250. The lowest BCUT2D eigenvalue weighted by atomic mass is 10.1. The highest BCUT2D eigenvalue weighted by atomic mass is 35.5. The van der Waals surface area contributed by atoms with Gasteiger partial charge in [-0.05, 0) is 49.2 Å². The highest BCUT2D eigenvalue weighted by Crippen LogP contribution is 2.38. The van der Waals surface area contributed by atoms with Crippen LogP contribution in [0.5, 0.6) is 0 Å². The molecule has 156 valence electrons. The van der Waals surface area contributed by atoms with E-state index in [0.717, 1.165) is 4.31 Å². The van der Waals surface area contributed by atoms with Crippen molar-refractivity contribution in [2.45, 2.75) is 31.2 Å². The van der Waals surface area contributed by atoms with Crippen LogP contribution in [0.2, 0.25) is 5.02 Å². The predicted molar refractivity (Wildman–Crippen MR) is 113 cm³/mol. The third-order valence-electron chi connectivity index (χ3n) is 4.72. The number of benzene rings is 2. The van der Waals surface area contributed by atoms with E-state index < -0.39 is 34.3 Å². The van der Waals surface area contributed by atoms with Gasteiger partial charge < -0.3 is 10.6 Å². The molecule has 2 amide bonds. The quantitative estimate of drug-likeness (QED) is 0.684. The zero-order valence-corrected chi connectivity index (χ0v) is 17.8. The van der Waals surface area contributed by atoms with Crippen molar-refractivity contribution < 1.29 is 18.0 Å². The van der Waals surface area contributed by atoms with Gasteiger partial charge in [0, 0.05) is 5.02 Å². The topological polar surface area (TPSA) is 119 Å². The van der Waals surface area contributed by atoms with Gasteiger partial charge in [-0.25, -0.2) is 8.42 Å². The standard InChI is InChI=1S/C20H19ClN4O4S/c1-12-10-18(13(2)9-14(12)21)30(28,29)25-16-6-4-3-5-15(16)24-20(27)17(25)11-19(26)23-8-7-22/h3-6,9-10,17H,8,11H2,1-2H3,(H,23,26)(H,24,27). The third kappa shape index (κ3) is 3.97. The van der Waals surface area contributed by atoms with Gasteiger partial charge in [0.1, 0.15) is 12.6 Å². The molecule has 0 saturated heterocycles. The Bertz CT molecular complexity index is 1170. The maximum Gasteiger partial charge on any atom is 0.265 e. The normalized spacial score (nSPS) is 15.7. The van der Waals surface area contributed by atoms with E-state index in [2.05, 4.69) is 10.6 Å². The molecule has 0 bridgehead atoms. The predicted octanol–water partition coefficient (Wildman–Crippen LogP) is 2.50. The van der Waals surface area contributed by atoms with E-state index in [9.17, 15) is 18.0 Å². The molecule has 1 heterocycles. The summed E-state index contributed by atoms with van der Waals surface area (Å²) < 4.78 is 28.4. The van der Waals surface area contributed by atoms with Crippen molar-refractivity contribution in [3.63, 3.8) is 0 Å². The van der Waals surface area contributed by atoms with Crippen molar-refractivity contribution in [2.24, 2.45) is 0 Å². The van der Waals surface area contributed by atoms with Crippen molar-refractivity contribution in [3.05, 3.63) is 52.5 Å². The maximum atomic E-state index is 13.7. The molecule has 0 spiro atoms. The van der Waals surface area contributed by atoms with Gasteiger partial charge in [-0.3, -0.25) is 13.9 Å². The molecular weight excluding hydrogens is 428 g/mol. The van der Waals surface area contributed by atoms with Gasteiger partial charge in [-0.1, -0.05) is 23.7 Å². The van der Waals surface area contributed by atoms with Crippen LogP contribution >= 0.6 is 11.6 Å². The van der Waals surface area contributed by atoms with E-state index in [1.807, 2.05) is 0 Å². The van der Waals surface area contributed by atoms with E-state index in [0.29, 0.717) is 21.8 Å². The summed E-state index contributed by atoms with van der Waals surface area (Å²) in [6.07, 6.45) is -0.438. The van der Waals surface area contributed by atoms with Gasteiger partial charge in [-0.15, -0.1) is 0 Å². The van der Waals surface area contributed by atoms with Gasteiger partial charge in [0.15, 0.2) is 0 Å². The number of rotatable bonds is 5. The number of halogens is 1. The lowest BCUT2D eigenvalue weighted by molar-refractivity contribution is -0.125. The molecule has 1 aliphatic heterocycles. The average Bonchev–Trinajstić information content (AvgIpc) is 2.69. The van der Waals surface area contributed by atoms with Crippen molar-refractivity contribution >= 4 is 44.8 Å². The molecule has 1 unspecified atom stereocenters. The van der Waals surface area contributed by atoms with Crippen LogP contribution in [0.25, 0.3) is 0 Å². The smallest absolute Gasteiger partial charge is 0.265 e. The van der Waals surface area contributed by atoms with E-state index in [4.69, 9.17) is 16.9 Å². The molecular formula is C20H19ClN4O4S. The number of hydrogen-bond acceptors (Lipinski definition) is 5. The van der Waals surface area contributed by atoms with Gasteiger partial charge in [0.2, 0.25) is 11.8 Å². The van der Waals surface area contributed by atoms with Crippen LogP contribution in [0.3, 0.4) is 0 Å². The lowest BCUT2D eigenvalue weighted by Crippen LogP contribution is -2.52. The number of carbonyl (C=O) groups is 2. The summed E-state index contributed by atoms with van der Waals surface area (Å²) in [6, 6.07) is 9.91. The van der Waals surface area contributed by atoms with Crippen LogP contribution in [0.4, 0.5) is 11.4 Å². The summed E-state index contributed by atoms with van der Waals surface area (Å²) in [5.74, 6) is -1.24. The van der Waals surface area contributed by atoms with Gasteiger partial charge in [0.05, 0.1) is 28.8 Å². The Kier molecular flexibility index (Phi) is 6.01. The van der Waals surface area contributed by atoms with Gasteiger partial charge in [0.25, 0.3) is 10.0 Å². The first-order valence-electron chi connectivity index (χ1n) is 9.01. The molecule has 0 fully saturated rings. The summed E-state index contributed by atoms with van der Waals surface area (Å²) in [7, 11) is -4.22. The zero-order chi connectivity index (χ0) is 22.1. The number of amides is 2. The Labute approximate surface area is 179 Å². The molecule has 10 heteroatoms. The number of hydrogen-bond donors (Lipinski definition) is 2. The minimum Gasteiger partial charge on any atom is -0.343 e. The van der Waals surface area contributed by atoms with E-state index in [-0.39, 0.29) is 17.1 Å². The fourth-order valence-corrected chi connectivity index (χ4v) is 5.40. The number of carbonyl (C=O) groups excluding carboxylic acids is 2. The van der Waals surface area contributed by atoms with Crippen LogP contribution in [-0.2, 0) is 19.6 Å². The highest BCUT2D eigenvalue weighted by Gasteiger charge is 2.42. The van der Waals surface area contributed by atoms with Crippen molar-refractivity contribution in [1.82, 2.24) is 5.32 Å². The summed E-state index contributed by atoms with van der Waals surface area (Å²) >= 11 is 6.12. The number of para-hydroxylation sites is 2. The molecule has 0 aromatic heterocycles. The number of nitrogens with one attached hydrogen (secondary N) is 2. The van der Waals surface area contributed by atoms with E-state index >= 15 is 0 Å².